The minimum atomic E-state index is -0.505. The summed E-state index contributed by atoms with van der Waals surface area (Å²) in [6.07, 6.45) is 0. The van der Waals surface area contributed by atoms with Crippen LogP contribution >= 0.6 is 27.5 Å². The lowest BCUT2D eigenvalue weighted by Crippen LogP contribution is -2.33. The standard InChI is InChI=1S/C19H15BrClN3O3/c1-11-7-13(20)5-6-15(11)23-18(25)10-22-19(26)16-9-17(27-24-16)12-3-2-4-14(21)8-12/h2-9H,10H2,1H3,(H,22,26)(H,23,25). The third-order valence-corrected chi connectivity index (χ3v) is 4.45. The Kier molecular flexibility index (Phi) is 5.93. The van der Waals surface area contributed by atoms with Gasteiger partial charge in [-0.15, -0.1) is 0 Å². The predicted octanol–water partition coefficient (Wildman–Crippen LogP) is 4.43. The molecule has 2 amide bonds. The first-order chi connectivity index (χ1) is 12.9. The summed E-state index contributed by atoms with van der Waals surface area (Å²) in [5, 5.41) is 9.56. The van der Waals surface area contributed by atoms with Crippen molar-refractivity contribution in [3.63, 3.8) is 0 Å². The maximum absolute atomic E-state index is 12.2. The Morgan fingerprint density at radius 2 is 2.00 bits per heavy atom. The highest BCUT2D eigenvalue weighted by Gasteiger charge is 2.15. The van der Waals surface area contributed by atoms with Crippen LogP contribution in [0.2, 0.25) is 5.02 Å². The molecular weight excluding hydrogens is 434 g/mol. The average Bonchev–Trinajstić information content (AvgIpc) is 3.12. The van der Waals surface area contributed by atoms with Crippen molar-refractivity contribution in [2.45, 2.75) is 6.92 Å². The van der Waals surface area contributed by atoms with Crippen molar-refractivity contribution < 1.29 is 14.1 Å². The molecule has 8 heteroatoms. The third kappa shape index (κ3) is 4.96. The first-order valence-electron chi connectivity index (χ1n) is 7.99. The van der Waals surface area contributed by atoms with E-state index in [1.165, 1.54) is 6.07 Å². The topological polar surface area (TPSA) is 84.2 Å². The van der Waals surface area contributed by atoms with E-state index in [2.05, 4.69) is 31.7 Å². The summed E-state index contributed by atoms with van der Waals surface area (Å²) in [5.74, 6) is -0.431. The van der Waals surface area contributed by atoms with Gasteiger partial charge in [0, 0.05) is 26.8 Å². The lowest BCUT2D eigenvalue weighted by atomic mass is 10.1. The number of aryl methyl sites for hydroxylation is 1. The molecule has 0 radical (unpaired) electrons. The van der Waals surface area contributed by atoms with Crippen molar-refractivity contribution in [1.29, 1.82) is 0 Å². The molecule has 0 bridgehead atoms. The Balaban J connectivity index is 1.58. The van der Waals surface area contributed by atoms with Crippen molar-refractivity contribution in [3.05, 3.63) is 69.3 Å². The van der Waals surface area contributed by atoms with Gasteiger partial charge in [-0.2, -0.15) is 0 Å². The Bertz CT molecular complexity index is 1000. The molecule has 0 aliphatic heterocycles. The number of hydrogen-bond acceptors (Lipinski definition) is 4. The maximum atomic E-state index is 12.2. The molecule has 0 unspecified atom stereocenters. The van der Waals surface area contributed by atoms with Gasteiger partial charge in [0.2, 0.25) is 5.91 Å². The molecule has 0 aliphatic carbocycles. The van der Waals surface area contributed by atoms with Crippen LogP contribution in [0.25, 0.3) is 11.3 Å². The molecule has 3 aromatic rings. The molecule has 1 aromatic heterocycles. The molecule has 0 spiro atoms. The number of carbonyl (C=O) groups excluding carboxylic acids is 2. The Hall–Kier alpha value is -2.64. The lowest BCUT2D eigenvalue weighted by molar-refractivity contribution is -0.115. The van der Waals surface area contributed by atoms with Crippen molar-refractivity contribution in [3.8, 4) is 11.3 Å². The molecule has 0 atom stereocenters. The summed E-state index contributed by atoms with van der Waals surface area (Å²) < 4.78 is 6.11. The van der Waals surface area contributed by atoms with E-state index in [4.69, 9.17) is 16.1 Å². The molecule has 2 aromatic carbocycles. The zero-order chi connectivity index (χ0) is 19.4. The third-order valence-electron chi connectivity index (χ3n) is 3.72. The van der Waals surface area contributed by atoms with E-state index in [0.29, 0.717) is 22.0 Å². The summed E-state index contributed by atoms with van der Waals surface area (Å²) in [7, 11) is 0. The monoisotopic (exact) mass is 447 g/mol. The fourth-order valence-corrected chi connectivity index (χ4v) is 3.04. The van der Waals surface area contributed by atoms with Gasteiger partial charge in [0.15, 0.2) is 11.5 Å². The Morgan fingerprint density at radius 1 is 1.19 bits per heavy atom. The molecule has 0 saturated carbocycles. The molecular formula is C19H15BrClN3O3. The molecule has 6 nitrogen and oxygen atoms in total. The van der Waals surface area contributed by atoms with Crippen LogP contribution in [0.1, 0.15) is 16.1 Å². The summed E-state index contributed by atoms with van der Waals surface area (Å²) in [4.78, 5) is 24.2. The van der Waals surface area contributed by atoms with E-state index in [1.54, 1.807) is 30.3 Å². The Morgan fingerprint density at radius 3 is 2.74 bits per heavy atom. The van der Waals surface area contributed by atoms with Gasteiger partial charge in [0.25, 0.3) is 5.91 Å². The molecule has 2 N–H and O–H groups in total. The highest BCUT2D eigenvalue weighted by atomic mass is 79.9. The number of amides is 2. The van der Waals surface area contributed by atoms with Crippen LogP contribution in [0.4, 0.5) is 5.69 Å². The van der Waals surface area contributed by atoms with E-state index in [1.807, 2.05) is 19.1 Å². The smallest absolute Gasteiger partial charge is 0.273 e. The van der Waals surface area contributed by atoms with Crippen molar-refractivity contribution >= 4 is 45.0 Å². The van der Waals surface area contributed by atoms with Gasteiger partial charge in [-0.3, -0.25) is 9.59 Å². The second-order valence-corrected chi connectivity index (χ2v) is 7.13. The summed E-state index contributed by atoms with van der Waals surface area (Å²) in [6, 6.07) is 14.0. The molecule has 0 saturated heterocycles. The van der Waals surface area contributed by atoms with Crippen LogP contribution in [0.15, 0.2) is 57.5 Å². The highest BCUT2D eigenvalue weighted by Crippen LogP contribution is 2.23. The maximum Gasteiger partial charge on any atom is 0.273 e. The zero-order valence-electron chi connectivity index (χ0n) is 14.3. The average molecular weight is 449 g/mol. The highest BCUT2D eigenvalue weighted by molar-refractivity contribution is 9.10. The number of nitrogens with one attached hydrogen (secondary N) is 2. The number of carbonyl (C=O) groups is 2. The van der Waals surface area contributed by atoms with E-state index in [0.717, 1.165) is 10.0 Å². The van der Waals surface area contributed by atoms with E-state index >= 15 is 0 Å². The number of rotatable bonds is 5. The number of aromatic nitrogens is 1. The van der Waals surface area contributed by atoms with Crippen molar-refractivity contribution in [2.24, 2.45) is 0 Å². The van der Waals surface area contributed by atoms with Crippen LogP contribution in [0, 0.1) is 6.92 Å². The second kappa shape index (κ2) is 8.37. The fraction of sp³-hybridized carbons (Fsp3) is 0.105. The largest absolute Gasteiger partial charge is 0.355 e. The molecule has 1 heterocycles. The summed E-state index contributed by atoms with van der Waals surface area (Å²) >= 11 is 9.31. The number of hydrogen-bond donors (Lipinski definition) is 2. The number of anilines is 1. The second-order valence-electron chi connectivity index (χ2n) is 5.78. The normalized spacial score (nSPS) is 10.5. The van der Waals surface area contributed by atoms with Crippen molar-refractivity contribution in [2.75, 3.05) is 11.9 Å². The molecule has 0 fully saturated rings. The molecule has 27 heavy (non-hydrogen) atoms. The zero-order valence-corrected chi connectivity index (χ0v) is 16.6. The Labute approximate surface area is 169 Å². The number of benzene rings is 2. The minimum absolute atomic E-state index is 0.0811. The van der Waals surface area contributed by atoms with Crippen LogP contribution in [-0.2, 0) is 4.79 Å². The molecule has 138 valence electrons. The summed E-state index contributed by atoms with van der Waals surface area (Å²) in [5.41, 5.74) is 2.38. The van der Waals surface area contributed by atoms with Crippen LogP contribution in [-0.4, -0.2) is 23.5 Å². The molecule has 3 rings (SSSR count). The lowest BCUT2D eigenvalue weighted by Gasteiger charge is -2.09. The van der Waals surface area contributed by atoms with Crippen LogP contribution < -0.4 is 10.6 Å². The van der Waals surface area contributed by atoms with Gasteiger partial charge in [0.1, 0.15) is 0 Å². The van der Waals surface area contributed by atoms with Gasteiger partial charge in [-0.05, 0) is 42.8 Å². The number of halogens is 2. The van der Waals surface area contributed by atoms with Gasteiger partial charge < -0.3 is 15.2 Å². The fourth-order valence-electron chi connectivity index (χ4n) is 2.37. The van der Waals surface area contributed by atoms with E-state index < -0.39 is 5.91 Å². The number of nitrogens with zero attached hydrogens (tertiary/aromatic N) is 1. The van der Waals surface area contributed by atoms with E-state index in [9.17, 15) is 9.59 Å². The van der Waals surface area contributed by atoms with E-state index in [-0.39, 0.29) is 18.1 Å². The van der Waals surface area contributed by atoms with Crippen LogP contribution in [0.5, 0.6) is 0 Å². The van der Waals surface area contributed by atoms with Crippen LogP contribution in [0.3, 0.4) is 0 Å². The first-order valence-corrected chi connectivity index (χ1v) is 9.16. The predicted molar refractivity (Wildman–Crippen MR) is 107 cm³/mol. The van der Waals surface area contributed by atoms with Crippen molar-refractivity contribution in [1.82, 2.24) is 10.5 Å². The summed E-state index contributed by atoms with van der Waals surface area (Å²) in [6.45, 7) is 1.69. The quantitative estimate of drug-likeness (QED) is 0.604. The van der Waals surface area contributed by atoms with Gasteiger partial charge in [-0.25, -0.2) is 0 Å². The minimum Gasteiger partial charge on any atom is -0.355 e. The first kappa shape index (κ1) is 19.1. The van der Waals surface area contributed by atoms with Gasteiger partial charge in [0.05, 0.1) is 6.54 Å². The van der Waals surface area contributed by atoms with Gasteiger partial charge >= 0.3 is 0 Å². The van der Waals surface area contributed by atoms with Gasteiger partial charge in [-0.1, -0.05) is 44.8 Å². The SMILES string of the molecule is Cc1cc(Br)ccc1NC(=O)CNC(=O)c1cc(-c2cccc(Cl)c2)on1. The molecule has 0 aliphatic rings.